The van der Waals surface area contributed by atoms with Gasteiger partial charge in [0.1, 0.15) is 5.82 Å². The van der Waals surface area contributed by atoms with E-state index in [-0.39, 0.29) is 11.5 Å². The SMILES string of the molecule is COC(=O)c1ccnc(NC(C)(CN)CC(C)C)c1. The Kier molecular flexibility index (Phi) is 5.30. The maximum absolute atomic E-state index is 11.5. The Labute approximate surface area is 114 Å². The van der Waals surface area contributed by atoms with Gasteiger partial charge in [0, 0.05) is 18.3 Å². The molecule has 0 amide bonds. The van der Waals surface area contributed by atoms with Crippen LogP contribution < -0.4 is 11.1 Å². The molecule has 5 nitrogen and oxygen atoms in total. The van der Waals surface area contributed by atoms with Gasteiger partial charge in [0.2, 0.25) is 0 Å². The van der Waals surface area contributed by atoms with Gasteiger partial charge in [-0.15, -0.1) is 0 Å². The van der Waals surface area contributed by atoms with Crippen LogP contribution in [0.25, 0.3) is 0 Å². The van der Waals surface area contributed by atoms with E-state index < -0.39 is 0 Å². The number of methoxy groups -OCH3 is 1. The second kappa shape index (κ2) is 6.52. The van der Waals surface area contributed by atoms with Crippen molar-refractivity contribution < 1.29 is 9.53 Å². The van der Waals surface area contributed by atoms with Gasteiger partial charge in [-0.25, -0.2) is 9.78 Å². The summed E-state index contributed by atoms with van der Waals surface area (Å²) in [6.45, 7) is 6.84. The zero-order valence-corrected chi connectivity index (χ0v) is 12.1. The van der Waals surface area contributed by atoms with Crippen molar-refractivity contribution in [2.75, 3.05) is 19.0 Å². The van der Waals surface area contributed by atoms with E-state index in [0.29, 0.717) is 23.8 Å². The van der Waals surface area contributed by atoms with E-state index in [1.807, 2.05) is 0 Å². The molecule has 0 saturated carbocycles. The lowest BCUT2D eigenvalue weighted by molar-refractivity contribution is 0.0600. The first-order valence-electron chi connectivity index (χ1n) is 6.43. The molecule has 1 atom stereocenters. The molecule has 5 heteroatoms. The highest BCUT2D eigenvalue weighted by Gasteiger charge is 2.24. The van der Waals surface area contributed by atoms with E-state index in [4.69, 9.17) is 10.5 Å². The average Bonchev–Trinajstić information content (AvgIpc) is 2.37. The minimum absolute atomic E-state index is 0.240. The molecule has 0 spiro atoms. The number of nitrogens with zero attached hydrogens (tertiary/aromatic N) is 1. The predicted octanol–water partition coefficient (Wildman–Crippen LogP) is 2.04. The smallest absolute Gasteiger partial charge is 0.338 e. The molecule has 0 saturated heterocycles. The van der Waals surface area contributed by atoms with Gasteiger partial charge in [-0.2, -0.15) is 0 Å². The molecule has 0 aromatic carbocycles. The first kappa shape index (κ1) is 15.4. The number of carbonyl (C=O) groups excluding carboxylic acids is 1. The normalized spacial score (nSPS) is 14.0. The van der Waals surface area contributed by atoms with Crippen LogP contribution in [0.5, 0.6) is 0 Å². The topological polar surface area (TPSA) is 77.2 Å². The Bertz CT molecular complexity index is 434. The third kappa shape index (κ3) is 4.52. The number of carbonyl (C=O) groups is 1. The van der Waals surface area contributed by atoms with Crippen LogP contribution in [0.15, 0.2) is 18.3 Å². The number of nitrogens with one attached hydrogen (secondary N) is 1. The minimum atomic E-state index is -0.372. The summed E-state index contributed by atoms with van der Waals surface area (Å²) in [4.78, 5) is 15.7. The molecule has 0 fully saturated rings. The monoisotopic (exact) mass is 265 g/mol. The molecule has 1 aromatic rings. The van der Waals surface area contributed by atoms with Crippen LogP contribution in [0.1, 0.15) is 37.6 Å². The summed E-state index contributed by atoms with van der Waals surface area (Å²) >= 11 is 0. The number of rotatable bonds is 6. The van der Waals surface area contributed by atoms with Crippen LogP contribution in [0.3, 0.4) is 0 Å². The predicted molar refractivity (Wildman–Crippen MR) is 76.1 cm³/mol. The van der Waals surface area contributed by atoms with Crippen LogP contribution >= 0.6 is 0 Å². The van der Waals surface area contributed by atoms with Gasteiger partial charge >= 0.3 is 5.97 Å². The van der Waals surface area contributed by atoms with Crippen molar-refractivity contribution in [3.05, 3.63) is 23.9 Å². The zero-order chi connectivity index (χ0) is 14.5. The van der Waals surface area contributed by atoms with Gasteiger partial charge < -0.3 is 15.8 Å². The first-order chi connectivity index (χ1) is 8.90. The molecular weight excluding hydrogens is 242 g/mol. The van der Waals surface area contributed by atoms with E-state index in [1.165, 1.54) is 7.11 Å². The Morgan fingerprint density at radius 2 is 2.26 bits per heavy atom. The van der Waals surface area contributed by atoms with Crippen LogP contribution in [0.4, 0.5) is 5.82 Å². The van der Waals surface area contributed by atoms with Crippen molar-refractivity contribution in [3.63, 3.8) is 0 Å². The number of nitrogens with two attached hydrogens (primary N) is 1. The second-order valence-electron chi connectivity index (χ2n) is 5.41. The summed E-state index contributed by atoms with van der Waals surface area (Å²) in [5.74, 6) is 0.783. The van der Waals surface area contributed by atoms with E-state index >= 15 is 0 Å². The Morgan fingerprint density at radius 1 is 1.58 bits per heavy atom. The van der Waals surface area contributed by atoms with Crippen molar-refractivity contribution >= 4 is 11.8 Å². The quantitative estimate of drug-likeness (QED) is 0.770. The summed E-state index contributed by atoms with van der Waals surface area (Å²) in [7, 11) is 1.36. The van der Waals surface area contributed by atoms with Crippen LogP contribution in [0.2, 0.25) is 0 Å². The summed E-state index contributed by atoms with van der Waals surface area (Å²) in [5, 5.41) is 3.31. The van der Waals surface area contributed by atoms with Crippen molar-refractivity contribution in [1.29, 1.82) is 0 Å². The summed E-state index contributed by atoms with van der Waals surface area (Å²) in [6.07, 6.45) is 2.51. The second-order valence-corrected chi connectivity index (χ2v) is 5.41. The largest absolute Gasteiger partial charge is 0.465 e. The van der Waals surface area contributed by atoms with Gasteiger partial charge in [0.25, 0.3) is 0 Å². The van der Waals surface area contributed by atoms with Crippen molar-refractivity contribution in [2.24, 2.45) is 11.7 Å². The van der Waals surface area contributed by atoms with E-state index in [0.717, 1.165) is 6.42 Å². The molecule has 0 radical (unpaired) electrons. The highest BCUT2D eigenvalue weighted by Crippen LogP contribution is 2.21. The molecule has 1 unspecified atom stereocenters. The maximum atomic E-state index is 11.5. The van der Waals surface area contributed by atoms with Crippen LogP contribution in [0, 0.1) is 5.92 Å². The Balaban J connectivity index is 2.88. The lowest BCUT2D eigenvalue weighted by atomic mass is 9.91. The number of aromatic nitrogens is 1. The maximum Gasteiger partial charge on any atom is 0.338 e. The standard InChI is InChI=1S/C14H23N3O2/c1-10(2)8-14(3,9-15)17-12-7-11(5-6-16-12)13(18)19-4/h5-7,10H,8-9,15H2,1-4H3,(H,16,17). The molecule has 0 aliphatic carbocycles. The molecule has 1 aromatic heterocycles. The number of hydrogen-bond acceptors (Lipinski definition) is 5. The third-order valence-corrected chi connectivity index (χ3v) is 2.92. The average molecular weight is 265 g/mol. The molecule has 0 aliphatic heterocycles. The van der Waals surface area contributed by atoms with Gasteiger partial charge in [-0.1, -0.05) is 13.8 Å². The van der Waals surface area contributed by atoms with Gasteiger partial charge in [-0.05, 0) is 31.4 Å². The van der Waals surface area contributed by atoms with Crippen molar-refractivity contribution in [3.8, 4) is 0 Å². The molecule has 19 heavy (non-hydrogen) atoms. The fourth-order valence-electron chi connectivity index (χ4n) is 2.14. The molecule has 3 N–H and O–H groups in total. The van der Waals surface area contributed by atoms with Gasteiger partial charge in [0.05, 0.1) is 12.7 Å². The summed E-state index contributed by atoms with van der Waals surface area (Å²) in [5.41, 5.74) is 6.08. The highest BCUT2D eigenvalue weighted by atomic mass is 16.5. The number of ether oxygens (including phenoxy) is 1. The van der Waals surface area contributed by atoms with Crippen LogP contribution in [-0.4, -0.2) is 30.1 Å². The number of pyridine rings is 1. The Morgan fingerprint density at radius 3 is 2.79 bits per heavy atom. The van der Waals surface area contributed by atoms with Crippen molar-refractivity contribution in [2.45, 2.75) is 32.7 Å². The number of hydrogen-bond donors (Lipinski definition) is 2. The van der Waals surface area contributed by atoms with Crippen molar-refractivity contribution in [1.82, 2.24) is 4.98 Å². The minimum Gasteiger partial charge on any atom is -0.465 e. The van der Waals surface area contributed by atoms with E-state index in [2.05, 4.69) is 31.1 Å². The molecule has 0 aliphatic rings. The number of esters is 1. The summed E-state index contributed by atoms with van der Waals surface area (Å²) < 4.78 is 4.69. The molecule has 0 bridgehead atoms. The fraction of sp³-hybridized carbons (Fsp3) is 0.571. The molecular formula is C14H23N3O2. The van der Waals surface area contributed by atoms with Crippen LogP contribution in [-0.2, 0) is 4.74 Å². The van der Waals surface area contributed by atoms with Gasteiger partial charge in [0.15, 0.2) is 0 Å². The number of anilines is 1. The molecule has 1 rings (SSSR count). The first-order valence-corrected chi connectivity index (χ1v) is 6.43. The molecule has 106 valence electrons. The Hall–Kier alpha value is -1.62. The lowest BCUT2D eigenvalue weighted by Crippen LogP contribution is -2.43. The highest BCUT2D eigenvalue weighted by molar-refractivity contribution is 5.90. The molecule has 1 heterocycles. The fourth-order valence-corrected chi connectivity index (χ4v) is 2.14. The van der Waals surface area contributed by atoms with E-state index in [1.54, 1.807) is 18.3 Å². The zero-order valence-electron chi connectivity index (χ0n) is 12.1. The lowest BCUT2D eigenvalue weighted by Gasteiger charge is -2.31. The summed E-state index contributed by atoms with van der Waals surface area (Å²) in [6, 6.07) is 3.30. The third-order valence-electron chi connectivity index (χ3n) is 2.92. The van der Waals surface area contributed by atoms with Gasteiger partial charge in [-0.3, -0.25) is 0 Å². The van der Waals surface area contributed by atoms with E-state index in [9.17, 15) is 4.79 Å².